The molecule has 0 spiro atoms. The summed E-state index contributed by atoms with van der Waals surface area (Å²) in [6, 6.07) is 9.22. The Balaban J connectivity index is 0.00000106. The molecule has 0 bridgehead atoms. The molecule has 3 heterocycles. The molecule has 1 aliphatic rings. The number of aliphatic hydroxyl groups excluding tert-OH is 3. The van der Waals surface area contributed by atoms with E-state index in [2.05, 4.69) is 32.1 Å². The monoisotopic (exact) mass is 598 g/mol. The summed E-state index contributed by atoms with van der Waals surface area (Å²) in [6.45, 7) is 3.36. The Bertz CT molecular complexity index is 1400. The first-order chi connectivity index (χ1) is 19.3. The average Bonchev–Trinajstić information content (AvgIpc) is 3.61. The van der Waals surface area contributed by atoms with E-state index in [0.717, 1.165) is 30.5 Å². The van der Waals surface area contributed by atoms with Crippen molar-refractivity contribution in [2.45, 2.75) is 44.6 Å². The number of alkyl halides is 1. The van der Waals surface area contributed by atoms with Crippen molar-refractivity contribution in [2.75, 3.05) is 20.1 Å². The van der Waals surface area contributed by atoms with Crippen LogP contribution in [0.15, 0.2) is 42.6 Å². The lowest BCUT2D eigenvalue weighted by Gasteiger charge is -2.38. The fourth-order valence-electron chi connectivity index (χ4n) is 4.51. The predicted molar refractivity (Wildman–Crippen MR) is 145 cm³/mol. The van der Waals surface area contributed by atoms with Crippen molar-refractivity contribution in [3.05, 3.63) is 76.5 Å². The topological polar surface area (TPSA) is 131 Å². The molecule has 1 fully saturated rings. The minimum atomic E-state index is -1.13. The molecule has 40 heavy (non-hydrogen) atoms. The number of rotatable bonds is 5. The minimum Gasteiger partial charge on any atom is -0.400 e. The van der Waals surface area contributed by atoms with Crippen molar-refractivity contribution in [1.29, 1.82) is 0 Å². The Kier molecular flexibility index (Phi) is 11.1. The van der Waals surface area contributed by atoms with Crippen molar-refractivity contribution < 1.29 is 28.8 Å². The predicted octanol–water partition coefficient (Wildman–Crippen LogP) is 3.96. The Morgan fingerprint density at radius 3 is 2.33 bits per heavy atom. The molecule has 2 aromatic carbocycles. The van der Waals surface area contributed by atoms with Crippen LogP contribution in [-0.2, 0) is 4.74 Å². The van der Waals surface area contributed by atoms with Crippen LogP contribution in [0.5, 0.6) is 0 Å². The van der Waals surface area contributed by atoms with Crippen molar-refractivity contribution in [3.63, 3.8) is 0 Å². The highest BCUT2D eigenvalue weighted by atomic mass is 35.5. The summed E-state index contributed by atoms with van der Waals surface area (Å²) in [4.78, 5) is 0. The molecule has 0 radical (unpaired) electrons. The van der Waals surface area contributed by atoms with Gasteiger partial charge in [0.25, 0.3) is 0 Å². The lowest BCUT2D eigenvalue weighted by Crippen LogP contribution is -2.45. The van der Waals surface area contributed by atoms with Gasteiger partial charge in [0, 0.05) is 25.5 Å². The molecule has 10 nitrogen and oxygen atoms in total. The van der Waals surface area contributed by atoms with E-state index in [0.29, 0.717) is 11.6 Å². The number of hydrogen-bond acceptors (Lipinski definition) is 8. The Labute approximate surface area is 239 Å². The van der Waals surface area contributed by atoms with Gasteiger partial charge in [-0.15, -0.1) is 26.9 Å². The van der Waals surface area contributed by atoms with E-state index >= 15 is 0 Å². The zero-order chi connectivity index (χ0) is 29.6. The third-order valence-electron chi connectivity index (χ3n) is 6.37. The first-order valence-electron chi connectivity index (χ1n) is 12.1. The molecule has 4 unspecified atom stereocenters. The highest BCUT2D eigenvalue weighted by Crippen LogP contribution is 2.38. The smallest absolute Gasteiger partial charge is 0.166 e. The molecule has 216 valence electrons. The standard InChI is InChI=1S/C24H23ClF2N6O3.CH3Cl.CH4O/c1-12-5-3-4-6-18(12)33-13(2)28-30-24(33)20-9-19(23(35)21(11-34)36-20)32-10-17(29-31-32)14-7-15(26)22(25)16(27)8-14;2*1-2/h3-8,10,19-21,23,34-35H,9,11H2,1-2H3;1H3;2H,1H3. The maximum absolute atomic E-state index is 14.0. The van der Waals surface area contributed by atoms with Gasteiger partial charge < -0.3 is 20.1 Å². The van der Waals surface area contributed by atoms with Crippen LogP contribution < -0.4 is 0 Å². The molecule has 0 amide bonds. The summed E-state index contributed by atoms with van der Waals surface area (Å²) >= 11 is 10.2. The molecule has 0 saturated carbocycles. The zero-order valence-corrected chi connectivity index (χ0v) is 23.7. The van der Waals surface area contributed by atoms with E-state index in [1.165, 1.54) is 17.3 Å². The SMILES string of the molecule is CCl.CO.Cc1ccccc1-n1c(C)nnc1C1CC(n2cc(-c3cc(F)c(Cl)c(F)c3)nn2)C(O)C(CO)O1. The molecule has 0 aliphatic carbocycles. The highest BCUT2D eigenvalue weighted by Gasteiger charge is 2.41. The van der Waals surface area contributed by atoms with Crippen LogP contribution in [0.1, 0.15) is 35.8 Å². The summed E-state index contributed by atoms with van der Waals surface area (Å²) < 4.78 is 37.3. The summed E-state index contributed by atoms with van der Waals surface area (Å²) in [7, 11) is 1.00. The fraction of sp³-hybridized carbons (Fsp3) is 0.385. The van der Waals surface area contributed by atoms with E-state index in [1.807, 2.05) is 42.7 Å². The van der Waals surface area contributed by atoms with Crippen molar-refractivity contribution in [1.82, 2.24) is 29.8 Å². The summed E-state index contributed by atoms with van der Waals surface area (Å²) in [5.41, 5.74) is 2.24. The molecule has 3 N–H and O–H groups in total. The van der Waals surface area contributed by atoms with Gasteiger partial charge in [0.1, 0.15) is 46.5 Å². The highest BCUT2D eigenvalue weighted by molar-refractivity contribution is 6.31. The largest absolute Gasteiger partial charge is 0.400 e. The van der Waals surface area contributed by atoms with E-state index < -0.39 is 47.6 Å². The molecule has 1 saturated heterocycles. The first kappa shape index (κ1) is 31.5. The number of halogens is 4. The fourth-order valence-corrected chi connectivity index (χ4v) is 4.62. The molecule has 4 atom stereocenters. The van der Waals surface area contributed by atoms with Gasteiger partial charge in [-0.3, -0.25) is 4.57 Å². The van der Waals surface area contributed by atoms with Crippen LogP contribution in [0, 0.1) is 25.5 Å². The number of aryl methyl sites for hydroxylation is 2. The van der Waals surface area contributed by atoms with Gasteiger partial charge >= 0.3 is 0 Å². The molecule has 4 aromatic rings. The number of hydrogen-bond donors (Lipinski definition) is 3. The van der Waals surface area contributed by atoms with E-state index in [1.54, 1.807) is 0 Å². The van der Waals surface area contributed by atoms with Gasteiger partial charge in [-0.2, -0.15) is 0 Å². The van der Waals surface area contributed by atoms with Gasteiger partial charge in [-0.05, 0) is 37.6 Å². The molecule has 5 rings (SSSR count). The van der Waals surface area contributed by atoms with Gasteiger partial charge in [0.2, 0.25) is 0 Å². The number of ether oxygens (including phenoxy) is 1. The van der Waals surface area contributed by atoms with Crippen molar-refractivity contribution >= 4 is 23.2 Å². The van der Waals surface area contributed by atoms with Crippen LogP contribution >= 0.6 is 23.2 Å². The lowest BCUT2D eigenvalue weighted by molar-refractivity contribution is -0.161. The first-order valence-corrected chi connectivity index (χ1v) is 13.2. The molecular formula is C26H30Cl2F2N6O4. The summed E-state index contributed by atoms with van der Waals surface area (Å²) in [6.07, 6.45) is 0.469. The van der Waals surface area contributed by atoms with E-state index in [-0.39, 0.29) is 17.7 Å². The normalized spacial score (nSPS) is 20.3. The third-order valence-corrected chi connectivity index (χ3v) is 6.73. The molecule has 1 aliphatic heterocycles. The third kappa shape index (κ3) is 6.32. The van der Waals surface area contributed by atoms with Crippen molar-refractivity contribution in [2.24, 2.45) is 0 Å². The average molecular weight is 599 g/mol. The molecule has 14 heteroatoms. The number of aromatic nitrogens is 6. The number of aliphatic hydroxyl groups is 3. The van der Waals surface area contributed by atoms with Crippen molar-refractivity contribution in [3.8, 4) is 16.9 Å². The van der Waals surface area contributed by atoms with Crippen LogP contribution in [-0.4, -0.2) is 77.4 Å². The molecule has 2 aromatic heterocycles. The lowest BCUT2D eigenvalue weighted by atomic mass is 9.95. The summed E-state index contributed by atoms with van der Waals surface area (Å²) in [5, 5.41) is 44.0. The van der Waals surface area contributed by atoms with E-state index in [4.69, 9.17) is 21.4 Å². The van der Waals surface area contributed by atoms with Gasteiger partial charge in [0.15, 0.2) is 5.82 Å². The van der Waals surface area contributed by atoms with Crippen LogP contribution in [0.2, 0.25) is 5.02 Å². The minimum absolute atomic E-state index is 0.146. The number of nitrogens with zero attached hydrogens (tertiary/aromatic N) is 6. The quantitative estimate of drug-likeness (QED) is 0.232. The van der Waals surface area contributed by atoms with Crippen LogP contribution in [0.4, 0.5) is 8.78 Å². The Morgan fingerprint density at radius 2 is 1.70 bits per heavy atom. The summed E-state index contributed by atoms with van der Waals surface area (Å²) in [5.74, 6) is -0.669. The zero-order valence-electron chi connectivity index (χ0n) is 22.2. The van der Waals surface area contributed by atoms with Gasteiger partial charge in [0.05, 0.1) is 24.5 Å². The second-order valence-corrected chi connectivity index (χ2v) is 9.08. The van der Waals surface area contributed by atoms with E-state index in [9.17, 15) is 19.0 Å². The Morgan fingerprint density at radius 1 is 1.05 bits per heavy atom. The van der Waals surface area contributed by atoms with Gasteiger partial charge in [-0.1, -0.05) is 35.0 Å². The maximum Gasteiger partial charge on any atom is 0.166 e. The maximum atomic E-state index is 14.0. The second kappa shape index (κ2) is 14.1. The Hall–Kier alpha value is -3.00. The van der Waals surface area contributed by atoms with Crippen LogP contribution in [0.3, 0.4) is 0 Å². The number of para-hydroxylation sites is 1. The number of benzene rings is 2. The molecular weight excluding hydrogens is 569 g/mol. The van der Waals surface area contributed by atoms with Crippen LogP contribution in [0.25, 0.3) is 16.9 Å². The second-order valence-electron chi connectivity index (χ2n) is 8.70. The van der Waals surface area contributed by atoms with Gasteiger partial charge in [-0.25, -0.2) is 13.5 Å².